The van der Waals surface area contributed by atoms with Gasteiger partial charge in [-0.15, -0.1) is 0 Å². The van der Waals surface area contributed by atoms with Crippen LogP contribution in [0.5, 0.6) is 0 Å². The summed E-state index contributed by atoms with van der Waals surface area (Å²) in [6.45, 7) is 2.40. The molecular weight excluding hydrogens is 533 g/mol. The fraction of sp³-hybridized carbons (Fsp3) is 0.440. The molecule has 5 rings (SSSR count). The molecule has 1 aromatic carbocycles. The van der Waals surface area contributed by atoms with Gasteiger partial charge in [-0.3, -0.25) is 0 Å². The van der Waals surface area contributed by atoms with E-state index in [9.17, 15) is 26.9 Å². The van der Waals surface area contributed by atoms with E-state index in [-0.39, 0.29) is 23.4 Å². The molecule has 0 bridgehead atoms. The number of halogens is 3. The Morgan fingerprint density at radius 2 is 1.87 bits per heavy atom. The van der Waals surface area contributed by atoms with Crippen molar-refractivity contribution in [3.05, 3.63) is 53.6 Å². The summed E-state index contributed by atoms with van der Waals surface area (Å²) >= 11 is 0. The Balaban J connectivity index is 1.41. The van der Waals surface area contributed by atoms with E-state index in [0.29, 0.717) is 43.1 Å². The second-order valence-electron chi connectivity index (χ2n) is 10.0. The summed E-state index contributed by atoms with van der Waals surface area (Å²) in [5.41, 5.74) is 0.504. The van der Waals surface area contributed by atoms with Crippen molar-refractivity contribution < 1.29 is 21.6 Å². The van der Waals surface area contributed by atoms with Gasteiger partial charge in [0.2, 0.25) is 16.0 Å². The molecule has 10 nitrogen and oxygen atoms in total. The molecule has 0 saturated carbocycles. The normalized spacial score (nSPS) is 18.1. The Hall–Kier alpha value is -3.54. The lowest BCUT2D eigenvalue weighted by atomic mass is 9.90. The number of sulfonamides is 1. The van der Waals surface area contributed by atoms with Crippen molar-refractivity contribution in [2.75, 3.05) is 44.8 Å². The number of likely N-dealkylation sites (tertiary alicyclic amines) is 1. The lowest BCUT2D eigenvalue weighted by Gasteiger charge is -2.36. The van der Waals surface area contributed by atoms with Crippen molar-refractivity contribution in [1.29, 1.82) is 5.26 Å². The van der Waals surface area contributed by atoms with Crippen LogP contribution in [-0.2, 0) is 16.2 Å². The van der Waals surface area contributed by atoms with Crippen LogP contribution in [0.3, 0.4) is 0 Å². The van der Waals surface area contributed by atoms with Gasteiger partial charge in [-0.25, -0.2) is 27.7 Å². The van der Waals surface area contributed by atoms with Crippen molar-refractivity contribution in [2.45, 2.75) is 31.0 Å². The molecule has 39 heavy (non-hydrogen) atoms. The zero-order valence-corrected chi connectivity index (χ0v) is 22.2. The van der Waals surface area contributed by atoms with E-state index < -0.39 is 21.8 Å². The number of nitrogens with one attached hydrogen (secondary N) is 1. The van der Waals surface area contributed by atoms with Crippen molar-refractivity contribution in [2.24, 2.45) is 0 Å². The molecule has 2 saturated heterocycles. The minimum absolute atomic E-state index is 0.00195. The number of benzene rings is 1. The van der Waals surface area contributed by atoms with Gasteiger partial charge in [-0.1, -0.05) is 6.07 Å². The van der Waals surface area contributed by atoms with Crippen molar-refractivity contribution >= 4 is 16.0 Å². The molecule has 0 amide bonds. The van der Waals surface area contributed by atoms with Gasteiger partial charge in [0.05, 0.1) is 17.5 Å². The Morgan fingerprint density at radius 3 is 2.49 bits per heavy atom. The number of alkyl halides is 3. The molecule has 0 aliphatic carbocycles. The standard InChI is InChI=1S/C25H27F3N8O2S/c1-34-12-18(13-34)16-3-4-22(17(9-16)10-29)35-14-21(31-15-35)23-20(25(26,27)28)11-30-24(33-23)32-19-5-7-36(8-6-19)39(2,37)38/h3-4,9,11,14-15,18-19H,5-8,12-13H2,1-2H3,(H,30,32,33). The number of piperidine rings is 1. The van der Waals surface area contributed by atoms with E-state index in [1.807, 2.05) is 19.2 Å². The Labute approximate surface area is 224 Å². The zero-order chi connectivity index (χ0) is 27.9. The second kappa shape index (κ2) is 10.2. The molecule has 14 heteroatoms. The number of hydrogen-bond acceptors (Lipinski definition) is 8. The number of anilines is 1. The molecule has 2 aromatic heterocycles. The van der Waals surface area contributed by atoms with Crippen LogP contribution in [0.4, 0.5) is 19.1 Å². The van der Waals surface area contributed by atoms with Crippen LogP contribution in [0.25, 0.3) is 17.1 Å². The Kier molecular flexibility index (Phi) is 7.08. The van der Waals surface area contributed by atoms with E-state index in [1.165, 1.54) is 21.4 Å². The average molecular weight is 561 g/mol. The lowest BCUT2D eigenvalue weighted by molar-refractivity contribution is -0.137. The van der Waals surface area contributed by atoms with Gasteiger partial charge >= 0.3 is 6.18 Å². The number of nitriles is 1. The molecule has 0 atom stereocenters. The third-order valence-electron chi connectivity index (χ3n) is 7.13. The molecule has 3 aromatic rings. The van der Waals surface area contributed by atoms with Gasteiger partial charge in [0.15, 0.2) is 0 Å². The van der Waals surface area contributed by atoms with E-state index in [0.717, 1.165) is 31.1 Å². The SMILES string of the molecule is CN1CC(c2ccc(-n3cnc(-c4nc(NC5CCN(S(C)(=O)=O)CC5)ncc4C(F)(F)F)c3)c(C#N)c2)C1. The van der Waals surface area contributed by atoms with Gasteiger partial charge in [0.1, 0.15) is 29.3 Å². The summed E-state index contributed by atoms with van der Waals surface area (Å²) in [5.74, 6) is 0.340. The molecule has 0 radical (unpaired) electrons. The summed E-state index contributed by atoms with van der Waals surface area (Å²) in [6.07, 6.45) is 0.856. The van der Waals surface area contributed by atoms with Crippen LogP contribution in [0, 0.1) is 11.3 Å². The fourth-order valence-electron chi connectivity index (χ4n) is 4.98. The van der Waals surface area contributed by atoms with Crippen LogP contribution >= 0.6 is 0 Å². The van der Waals surface area contributed by atoms with Crippen LogP contribution < -0.4 is 5.32 Å². The monoisotopic (exact) mass is 560 g/mol. The quantitative estimate of drug-likeness (QED) is 0.489. The Bertz CT molecular complexity index is 1520. The summed E-state index contributed by atoms with van der Waals surface area (Å²) in [5, 5.41) is 12.8. The number of hydrogen-bond donors (Lipinski definition) is 1. The fourth-order valence-corrected chi connectivity index (χ4v) is 5.85. The zero-order valence-electron chi connectivity index (χ0n) is 21.4. The first-order valence-corrected chi connectivity index (χ1v) is 14.2. The number of aromatic nitrogens is 4. The van der Waals surface area contributed by atoms with E-state index in [2.05, 4.69) is 31.2 Å². The maximum Gasteiger partial charge on any atom is 0.420 e. The molecule has 4 heterocycles. The highest BCUT2D eigenvalue weighted by Gasteiger charge is 2.36. The first-order valence-electron chi connectivity index (χ1n) is 12.4. The first-order chi connectivity index (χ1) is 18.4. The summed E-state index contributed by atoms with van der Waals surface area (Å²) in [7, 11) is -1.28. The van der Waals surface area contributed by atoms with E-state index in [4.69, 9.17) is 0 Å². The highest BCUT2D eigenvalue weighted by molar-refractivity contribution is 7.88. The van der Waals surface area contributed by atoms with E-state index >= 15 is 0 Å². The van der Waals surface area contributed by atoms with Crippen LogP contribution in [-0.4, -0.2) is 82.7 Å². The summed E-state index contributed by atoms with van der Waals surface area (Å²) in [6, 6.07) is 7.50. The summed E-state index contributed by atoms with van der Waals surface area (Å²) < 4.78 is 68.0. The minimum Gasteiger partial charge on any atom is -0.351 e. The number of nitrogens with zero attached hydrogens (tertiary/aromatic N) is 7. The molecule has 2 aliphatic rings. The van der Waals surface area contributed by atoms with Crippen molar-refractivity contribution in [3.63, 3.8) is 0 Å². The highest BCUT2D eigenvalue weighted by atomic mass is 32.2. The first kappa shape index (κ1) is 27.0. The molecule has 0 spiro atoms. The van der Waals surface area contributed by atoms with Gasteiger partial charge in [-0.2, -0.15) is 18.4 Å². The number of likely N-dealkylation sites (N-methyl/N-ethyl adjacent to an activating group) is 1. The van der Waals surface area contributed by atoms with Gasteiger partial charge in [0.25, 0.3) is 0 Å². The predicted molar refractivity (Wildman–Crippen MR) is 138 cm³/mol. The topological polar surface area (TPSA) is 120 Å². The highest BCUT2D eigenvalue weighted by Crippen LogP contribution is 2.36. The van der Waals surface area contributed by atoms with Crippen LogP contribution in [0.1, 0.15) is 35.4 Å². The third-order valence-corrected chi connectivity index (χ3v) is 8.43. The van der Waals surface area contributed by atoms with Crippen molar-refractivity contribution in [1.82, 2.24) is 28.7 Å². The van der Waals surface area contributed by atoms with Crippen molar-refractivity contribution in [3.8, 4) is 23.1 Å². The third kappa shape index (κ3) is 5.75. The lowest BCUT2D eigenvalue weighted by Crippen LogP contribution is -2.42. The second-order valence-corrected chi connectivity index (χ2v) is 12.0. The molecule has 2 fully saturated rings. The van der Waals surface area contributed by atoms with Crippen LogP contribution in [0.15, 0.2) is 36.9 Å². The van der Waals surface area contributed by atoms with E-state index in [1.54, 1.807) is 6.07 Å². The maximum atomic E-state index is 13.9. The Morgan fingerprint density at radius 1 is 1.15 bits per heavy atom. The van der Waals surface area contributed by atoms with Gasteiger partial charge < -0.3 is 14.8 Å². The molecule has 206 valence electrons. The molecule has 1 N–H and O–H groups in total. The van der Waals surface area contributed by atoms with Gasteiger partial charge in [-0.05, 0) is 37.6 Å². The minimum atomic E-state index is -4.71. The molecular formula is C25H27F3N8O2S. The maximum absolute atomic E-state index is 13.9. The molecule has 0 unspecified atom stereocenters. The predicted octanol–water partition coefficient (Wildman–Crippen LogP) is 3.08. The van der Waals surface area contributed by atoms with Gasteiger partial charge in [0, 0.05) is 50.5 Å². The molecule has 2 aliphatic heterocycles. The smallest absolute Gasteiger partial charge is 0.351 e. The number of rotatable bonds is 6. The average Bonchev–Trinajstić information content (AvgIpc) is 3.35. The van der Waals surface area contributed by atoms with Crippen LogP contribution in [0.2, 0.25) is 0 Å². The summed E-state index contributed by atoms with van der Waals surface area (Å²) in [4.78, 5) is 14.4. The number of imidazole rings is 1. The largest absolute Gasteiger partial charge is 0.420 e.